The number of phosphoric ester groups is 2. The van der Waals surface area contributed by atoms with E-state index in [-0.39, 0.29) is 0 Å². The average Bonchev–Trinajstić information content (AvgIpc) is 2.48. The van der Waals surface area contributed by atoms with Crippen molar-refractivity contribution < 1.29 is 71.1 Å². The number of carbonyl (C=O) groups excluding carboxylic acids is 3. The van der Waals surface area contributed by atoms with Gasteiger partial charge >= 0.3 is 33.6 Å². The van der Waals surface area contributed by atoms with Crippen molar-refractivity contribution in [3.8, 4) is 0 Å². The Morgan fingerprint density at radius 3 is 1.66 bits per heavy atom. The van der Waals surface area contributed by atoms with Gasteiger partial charge < -0.3 is 38.5 Å². The van der Waals surface area contributed by atoms with Crippen LogP contribution >= 0.6 is 15.6 Å². The second-order valence-corrected chi connectivity index (χ2v) is 8.08. The monoisotopic (exact) mass is 466 g/mol. The van der Waals surface area contributed by atoms with Crippen LogP contribution < -0.4 is 0 Å². The Morgan fingerprint density at radius 1 is 0.793 bits per heavy atom. The minimum atomic E-state index is -5.26. The maximum absolute atomic E-state index is 11.5. The summed E-state index contributed by atoms with van der Waals surface area (Å²) in [5.74, 6) is -2.93. The number of esters is 3. The van der Waals surface area contributed by atoms with Crippen LogP contribution in [-0.4, -0.2) is 74.8 Å². The molecule has 0 amide bonds. The lowest BCUT2D eigenvalue weighted by Crippen LogP contribution is -2.62. The van der Waals surface area contributed by atoms with Gasteiger partial charge in [0, 0.05) is 20.8 Å². The molecule has 168 valence electrons. The third-order valence-electron chi connectivity index (χ3n) is 3.15. The third-order valence-corrected chi connectivity index (χ3v) is 4.11. The van der Waals surface area contributed by atoms with Gasteiger partial charge in [-0.1, -0.05) is 0 Å². The zero-order valence-corrected chi connectivity index (χ0v) is 17.1. The van der Waals surface area contributed by atoms with Gasteiger partial charge in [0.25, 0.3) is 0 Å². The number of ether oxygens (including phenoxy) is 4. The van der Waals surface area contributed by atoms with E-state index in [0.29, 0.717) is 0 Å². The smallest absolute Gasteiger partial charge is 0.456 e. The maximum Gasteiger partial charge on any atom is 0.472 e. The highest BCUT2D eigenvalue weighted by Crippen LogP contribution is 2.43. The molecular weight excluding hydrogens is 446 g/mol. The molecule has 17 heteroatoms. The second-order valence-electron chi connectivity index (χ2n) is 5.65. The Kier molecular flexibility index (Phi) is 8.90. The van der Waals surface area contributed by atoms with Gasteiger partial charge in [0.05, 0.1) is 6.61 Å². The molecule has 29 heavy (non-hydrogen) atoms. The second kappa shape index (κ2) is 10.1. The molecule has 1 aliphatic rings. The first-order valence-electron chi connectivity index (χ1n) is 7.70. The lowest BCUT2D eigenvalue weighted by atomic mass is 9.98. The van der Waals surface area contributed by atoms with Crippen molar-refractivity contribution in [2.75, 3.05) is 6.61 Å². The summed E-state index contributed by atoms with van der Waals surface area (Å²) in [5, 5.41) is 0. The quantitative estimate of drug-likeness (QED) is 0.186. The molecule has 0 aromatic carbocycles. The van der Waals surface area contributed by atoms with Crippen LogP contribution in [0.25, 0.3) is 0 Å². The van der Waals surface area contributed by atoms with Crippen molar-refractivity contribution in [3.63, 3.8) is 0 Å². The first kappa shape index (κ1) is 25.6. The summed E-state index contributed by atoms with van der Waals surface area (Å²) in [4.78, 5) is 70.2. The van der Waals surface area contributed by atoms with Crippen LogP contribution in [0.2, 0.25) is 0 Å². The van der Waals surface area contributed by atoms with E-state index in [4.69, 9.17) is 38.5 Å². The van der Waals surface area contributed by atoms with Crippen LogP contribution in [0.3, 0.4) is 0 Å². The minimum absolute atomic E-state index is 0.920. The Balaban J connectivity index is 3.37. The van der Waals surface area contributed by atoms with Crippen molar-refractivity contribution in [2.24, 2.45) is 0 Å². The van der Waals surface area contributed by atoms with E-state index >= 15 is 0 Å². The Labute approximate surface area is 163 Å². The fraction of sp³-hybridized carbons (Fsp3) is 0.750. The minimum Gasteiger partial charge on any atom is -0.456 e. The largest absolute Gasteiger partial charge is 0.472 e. The molecule has 0 aromatic rings. The molecule has 0 spiro atoms. The number of phosphoric acid groups is 2. The normalized spacial score (nSPS) is 27.8. The van der Waals surface area contributed by atoms with Gasteiger partial charge in [-0.25, -0.2) is 9.13 Å². The number of carbonyl (C=O) groups is 3. The standard InChI is InChI=1S/C12H20O15P2/c1-5(13)23-9-8(4-22-28(16,17)18)26-12(27-29(19,20)21)11(25-7(3)15)10(9)24-6(2)14/h8-12H,4H2,1-3H3,(H2,16,17,18)(H2,19,20,21)/t8-,9-,10+,11-,12-/m1/s1. The summed E-state index contributed by atoms with van der Waals surface area (Å²) < 4.78 is 50.9. The van der Waals surface area contributed by atoms with Crippen LogP contribution in [0.15, 0.2) is 0 Å². The number of hydrogen-bond acceptors (Lipinski definition) is 11. The molecule has 15 nitrogen and oxygen atoms in total. The van der Waals surface area contributed by atoms with Crippen molar-refractivity contribution in [2.45, 2.75) is 51.5 Å². The van der Waals surface area contributed by atoms with E-state index in [0.717, 1.165) is 20.8 Å². The number of rotatable bonds is 8. The van der Waals surface area contributed by atoms with Gasteiger partial charge in [-0.3, -0.25) is 23.4 Å². The SMILES string of the molecule is CC(=O)O[C@@H]1[C@@H](OC(C)=O)[C@@H](OP(=O)(O)O)O[C@H](COP(=O)(O)O)[C@H]1OC(C)=O. The molecule has 1 rings (SSSR count). The number of hydrogen-bond donors (Lipinski definition) is 4. The molecule has 1 saturated heterocycles. The molecule has 0 unspecified atom stereocenters. The van der Waals surface area contributed by atoms with Gasteiger partial charge in [0.15, 0.2) is 18.3 Å². The molecular formula is C12H20O15P2. The highest BCUT2D eigenvalue weighted by Gasteiger charge is 2.54. The van der Waals surface area contributed by atoms with E-state index in [1.807, 2.05) is 0 Å². The van der Waals surface area contributed by atoms with Crippen molar-refractivity contribution >= 4 is 33.6 Å². The molecule has 0 bridgehead atoms. The molecule has 5 atom stereocenters. The van der Waals surface area contributed by atoms with E-state index in [1.165, 1.54) is 0 Å². The fourth-order valence-corrected chi connectivity index (χ4v) is 3.16. The maximum atomic E-state index is 11.5. The summed E-state index contributed by atoms with van der Waals surface area (Å²) >= 11 is 0. The molecule has 1 heterocycles. The van der Waals surface area contributed by atoms with Gasteiger partial charge in [-0.2, -0.15) is 0 Å². The fourth-order valence-electron chi connectivity index (χ4n) is 2.38. The Hall–Kier alpha value is -1.41. The molecule has 1 fully saturated rings. The molecule has 0 aromatic heterocycles. The first-order chi connectivity index (χ1) is 13.1. The molecule has 0 radical (unpaired) electrons. The lowest BCUT2D eigenvalue weighted by molar-refractivity contribution is -0.289. The van der Waals surface area contributed by atoms with Gasteiger partial charge in [-0.05, 0) is 0 Å². The summed E-state index contributed by atoms with van der Waals surface area (Å²) in [5.41, 5.74) is 0. The lowest BCUT2D eigenvalue weighted by Gasteiger charge is -2.43. The van der Waals surface area contributed by atoms with Crippen LogP contribution in [0.4, 0.5) is 0 Å². The van der Waals surface area contributed by atoms with Crippen molar-refractivity contribution in [1.82, 2.24) is 0 Å². The summed E-state index contributed by atoms with van der Waals surface area (Å²) in [6.07, 6.45) is -8.93. The van der Waals surface area contributed by atoms with Crippen LogP contribution in [0.5, 0.6) is 0 Å². The summed E-state index contributed by atoms with van der Waals surface area (Å²) in [6.45, 7) is 1.83. The third kappa shape index (κ3) is 9.30. The van der Waals surface area contributed by atoms with Crippen LogP contribution in [-0.2, 0) is 51.5 Å². The van der Waals surface area contributed by atoms with E-state index < -0.39 is 70.9 Å². The first-order valence-corrected chi connectivity index (χ1v) is 10.8. The summed E-state index contributed by atoms with van der Waals surface area (Å²) in [7, 11) is -10.3. The topological polar surface area (TPSA) is 222 Å². The van der Waals surface area contributed by atoms with E-state index in [9.17, 15) is 23.5 Å². The van der Waals surface area contributed by atoms with Crippen molar-refractivity contribution in [1.29, 1.82) is 0 Å². The Bertz CT molecular complexity index is 710. The van der Waals surface area contributed by atoms with Crippen molar-refractivity contribution in [3.05, 3.63) is 0 Å². The highest BCUT2D eigenvalue weighted by atomic mass is 31.2. The predicted octanol–water partition coefficient (Wildman–Crippen LogP) is -1.28. The predicted molar refractivity (Wildman–Crippen MR) is 86.4 cm³/mol. The zero-order chi connectivity index (χ0) is 22.6. The van der Waals surface area contributed by atoms with E-state index in [1.54, 1.807) is 0 Å². The van der Waals surface area contributed by atoms with E-state index in [2.05, 4.69) is 9.05 Å². The molecule has 0 saturated carbocycles. The van der Waals surface area contributed by atoms with Gasteiger partial charge in [-0.15, -0.1) is 0 Å². The highest BCUT2D eigenvalue weighted by molar-refractivity contribution is 7.46. The van der Waals surface area contributed by atoms with Gasteiger partial charge in [0.2, 0.25) is 6.29 Å². The molecule has 0 aliphatic carbocycles. The zero-order valence-electron chi connectivity index (χ0n) is 15.3. The summed E-state index contributed by atoms with van der Waals surface area (Å²) in [6, 6.07) is 0. The molecule has 4 N–H and O–H groups in total. The van der Waals surface area contributed by atoms with Gasteiger partial charge in [0.1, 0.15) is 6.10 Å². The molecule has 1 aliphatic heterocycles. The van der Waals surface area contributed by atoms with Crippen LogP contribution in [0.1, 0.15) is 20.8 Å². The Morgan fingerprint density at radius 2 is 1.24 bits per heavy atom. The average molecular weight is 466 g/mol. The van der Waals surface area contributed by atoms with Crippen LogP contribution in [0, 0.1) is 0 Å².